The third kappa shape index (κ3) is 3.99. The summed E-state index contributed by atoms with van der Waals surface area (Å²) < 4.78 is 4.92. The van der Waals surface area contributed by atoms with Crippen LogP contribution in [0.25, 0.3) is 0 Å². The van der Waals surface area contributed by atoms with Crippen molar-refractivity contribution in [3.05, 3.63) is 69.2 Å². The fourth-order valence-corrected chi connectivity index (χ4v) is 2.75. The first kappa shape index (κ1) is 15.9. The van der Waals surface area contributed by atoms with E-state index in [9.17, 15) is 4.79 Å². The van der Waals surface area contributed by atoms with E-state index in [0.717, 1.165) is 11.1 Å². The normalized spacial score (nSPS) is 12.0. The van der Waals surface area contributed by atoms with Gasteiger partial charge in [0.2, 0.25) is 0 Å². The van der Waals surface area contributed by atoms with Crippen LogP contribution >= 0.6 is 23.2 Å². The molecule has 0 radical (unpaired) electrons. The van der Waals surface area contributed by atoms with Crippen LogP contribution in [0, 0.1) is 6.92 Å². The van der Waals surface area contributed by atoms with E-state index >= 15 is 0 Å². The van der Waals surface area contributed by atoms with Gasteiger partial charge in [-0.2, -0.15) is 0 Å². The second kappa shape index (κ2) is 6.97. The summed E-state index contributed by atoms with van der Waals surface area (Å²) >= 11 is 12.1. The number of hydrogen-bond donors (Lipinski definition) is 0. The average molecular weight is 323 g/mol. The smallest absolute Gasteiger partial charge is 0.313 e. The summed E-state index contributed by atoms with van der Waals surface area (Å²) in [6, 6.07) is 13.2. The van der Waals surface area contributed by atoms with Crippen molar-refractivity contribution in [2.24, 2.45) is 0 Å². The van der Waals surface area contributed by atoms with Crippen LogP contribution in [0.1, 0.15) is 22.6 Å². The van der Waals surface area contributed by atoms with E-state index in [2.05, 4.69) is 0 Å². The third-order valence-corrected chi connectivity index (χ3v) is 3.95. The molecule has 0 aliphatic carbocycles. The number of methoxy groups -OCH3 is 1. The Bertz CT molecular complexity index is 636. The molecule has 21 heavy (non-hydrogen) atoms. The number of carbonyl (C=O) groups is 1. The Kier molecular flexibility index (Phi) is 5.27. The SMILES string of the molecule is COC(=O)C(Cc1ccc(C)cc1)c1ccc(Cl)cc1Cl. The minimum atomic E-state index is -0.442. The molecule has 0 bridgehead atoms. The molecule has 0 aliphatic rings. The molecule has 0 aliphatic heterocycles. The van der Waals surface area contributed by atoms with Crippen LogP contribution in [0.4, 0.5) is 0 Å². The second-order valence-corrected chi connectivity index (χ2v) is 5.77. The summed E-state index contributed by atoms with van der Waals surface area (Å²) in [6.07, 6.45) is 0.536. The number of halogens is 2. The van der Waals surface area contributed by atoms with Crippen molar-refractivity contribution in [2.45, 2.75) is 19.3 Å². The van der Waals surface area contributed by atoms with Gasteiger partial charge < -0.3 is 4.74 Å². The van der Waals surface area contributed by atoms with E-state index in [0.29, 0.717) is 16.5 Å². The maximum atomic E-state index is 12.1. The number of ether oxygens (including phenoxy) is 1. The van der Waals surface area contributed by atoms with Gasteiger partial charge >= 0.3 is 5.97 Å². The molecule has 0 saturated heterocycles. The third-order valence-electron chi connectivity index (χ3n) is 3.38. The Hall–Kier alpha value is -1.51. The minimum absolute atomic E-state index is 0.306. The van der Waals surface area contributed by atoms with Crippen molar-refractivity contribution in [2.75, 3.05) is 7.11 Å². The lowest BCUT2D eigenvalue weighted by Gasteiger charge is -2.17. The summed E-state index contributed by atoms with van der Waals surface area (Å²) in [5.74, 6) is -0.748. The van der Waals surface area contributed by atoms with E-state index in [1.807, 2.05) is 31.2 Å². The highest BCUT2D eigenvalue weighted by atomic mass is 35.5. The lowest BCUT2D eigenvalue weighted by atomic mass is 9.91. The number of rotatable bonds is 4. The van der Waals surface area contributed by atoms with Crippen LogP contribution in [0.5, 0.6) is 0 Å². The molecule has 0 heterocycles. The summed E-state index contributed by atoms with van der Waals surface area (Å²) in [5, 5.41) is 1.02. The topological polar surface area (TPSA) is 26.3 Å². The van der Waals surface area contributed by atoms with Gasteiger partial charge in [-0.1, -0.05) is 59.1 Å². The first-order valence-electron chi connectivity index (χ1n) is 6.59. The molecular formula is C17H16Cl2O2. The molecule has 1 unspecified atom stereocenters. The summed E-state index contributed by atoms with van der Waals surface area (Å²) in [6.45, 7) is 2.03. The molecule has 4 heteroatoms. The number of hydrogen-bond acceptors (Lipinski definition) is 2. The molecular weight excluding hydrogens is 307 g/mol. The zero-order chi connectivity index (χ0) is 15.4. The van der Waals surface area contributed by atoms with Crippen LogP contribution in [-0.2, 0) is 16.0 Å². The van der Waals surface area contributed by atoms with Crippen LogP contribution in [0.15, 0.2) is 42.5 Å². The Labute approximate surface area is 134 Å². The molecule has 0 amide bonds. The standard InChI is InChI=1S/C17H16Cl2O2/c1-11-3-5-12(6-4-11)9-15(17(20)21-2)14-8-7-13(18)10-16(14)19/h3-8,10,15H,9H2,1-2H3. The summed E-state index contributed by atoms with van der Waals surface area (Å²) in [5.41, 5.74) is 2.97. The second-order valence-electron chi connectivity index (χ2n) is 4.93. The van der Waals surface area contributed by atoms with Crippen molar-refractivity contribution < 1.29 is 9.53 Å². The van der Waals surface area contributed by atoms with Crippen LogP contribution in [0.2, 0.25) is 10.0 Å². The fourth-order valence-electron chi connectivity index (χ4n) is 2.21. The molecule has 110 valence electrons. The van der Waals surface area contributed by atoms with Gasteiger partial charge in [-0.05, 0) is 36.6 Å². The predicted octanol–water partition coefficient (Wildman–Crippen LogP) is 4.80. The van der Waals surface area contributed by atoms with Gasteiger partial charge in [-0.3, -0.25) is 4.79 Å². The summed E-state index contributed by atoms with van der Waals surface area (Å²) in [4.78, 5) is 12.1. The lowest BCUT2D eigenvalue weighted by Crippen LogP contribution is -2.17. The maximum Gasteiger partial charge on any atom is 0.313 e. The van der Waals surface area contributed by atoms with E-state index < -0.39 is 5.92 Å². The first-order chi connectivity index (χ1) is 10.0. The van der Waals surface area contributed by atoms with Crippen molar-refractivity contribution >= 4 is 29.2 Å². The highest BCUT2D eigenvalue weighted by Crippen LogP contribution is 2.31. The number of aryl methyl sites for hydroxylation is 1. The first-order valence-corrected chi connectivity index (χ1v) is 7.35. The van der Waals surface area contributed by atoms with E-state index in [4.69, 9.17) is 27.9 Å². The largest absolute Gasteiger partial charge is 0.469 e. The van der Waals surface area contributed by atoms with Crippen molar-refractivity contribution in [1.29, 1.82) is 0 Å². The maximum absolute atomic E-state index is 12.1. The van der Waals surface area contributed by atoms with Gasteiger partial charge in [0.25, 0.3) is 0 Å². The highest BCUT2D eigenvalue weighted by molar-refractivity contribution is 6.35. The molecule has 2 aromatic rings. The number of esters is 1. The zero-order valence-corrected chi connectivity index (χ0v) is 13.4. The zero-order valence-electron chi connectivity index (χ0n) is 11.9. The molecule has 2 aromatic carbocycles. The molecule has 2 rings (SSSR count). The lowest BCUT2D eigenvalue weighted by molar-refractivity contribution is -0.142. The molecule has 0 fully saturated rings. The van der Waals surface area contributed by atoms with Crippen LogP contribution < -0.4 is 0 Å². The molecule has 0 saturated carbocycles. The van der Waals surface area contributed by atoms with Gasteiger partial charge in [0.15, 0.2) is 0 Å². The van der Waals surface area contributed by atoms with E-state index in [1.165, 1.54) is 12.7 Å². The monoisotopic (exact) mass is 322 g/mol. The Balaban J connectivity index is 2.34. The van der Waals surface area contributed by atoms with Crippen LogP contribution in [-0.4, -0.2) is 13.1 Å². The van der Waals surface area contributed by atoms with Gasteiger partial charge in [0, 0.05) is 10.0 Å². The molecule has 2 nitrogen and oxygen atoms in total. The van der Waals surface area contributed by atoms with Gasteiger partial charge in [-0.15, -0.1) is 0 Å². The molecule has 0 aromatic heterocycles. The van der Waals surface area contributed by atoms with Crippen molar-refractivity contribution in [1.82, 2.24) is 0 Å². The quantitative estimate of drug-likeness (QED) is 0.756. The van der Waals surface area contributed by atoms with Crippen molar-refractivity contribution in [3.8, 4) is 0 Å². The van der Waals surface area contributed by atoms with Gasteiger partial charge in [0.1, 0.15) is 0 Å². The van der Waals surface area contributed by atoms with Gasteiger partial charge in [-0.25, -0.2) is 0 Å². The summed E-state index contributed by atoms with van der Waals surface area (Å²) in [7, 11) is 1.38. The highest BCUT2D eigenvalue weighted by Gasteiger charge is 2.24. The van der Waals surface area contributed by atoms with E-state index in [-0.39, 0.29) is 5.97 Å². The predicted molar refractivity (Wildman–Crippen MR) is 86.1 cm³/mol. The number of carbonyl (C=O) groups excluding carboxylic acids is 1. The van der Waals surface area contributed by atoms with E-state index in [1.54, 1.807) is 18.2 Å². The van der Waals surface area contributed by atoms with Crippen LogP contribution in [0.3, 0.4) is 0 Å². The fraction of sp³-hybridized carbons (Fsp3) is 0.235. The number of benzene rings is 2. The minimum Gasteiger partial charge on any atom is -0.469 e. The molecule has 1 atom stereocenters. The Morgan fingerprint density at radius 2 is 1.81 bits per heavy atom. The Morgan fingerprint density at radius 3 is 2.38 bits per heavy atom. The van der Waals surface area contributed by atoms with Crippen molar-refractivity contribution in [3.63, 3.8) is 0 Å². The average Bonchev–Trinajstić information content (AvgIpc) is 2.47. The van der Waals surface area contributed by atoms with Gasteiger partial charge in [0.05, 0.1) is 13.0 Å². The molecule has 0 N–H and O–H groups in total. The Morgan fingerprint density at radius 1 is 1.14 bits per heavy atom. The molecule has 0 spiro atoms.